The van der Waals surface area contributed by atoms with Crippen LogP contribution in [0.2, 0.25) is 0 Å². The number of anilines is 1. The minimum absolute atomic E-state index is 0.0417. The van der Waals surface area contributed by atoms with Crippen LogP contribution in [0.15, 0.2) is 16.9 Å². The van der Waals surface area contributed by atoms with Crippen LogP contribution in [0.25, 0.3) is 11.1 Å². The van der Waals surface area contributed by atoms with Crippen molar-refractivity contribution in [2.45, 2.75) is 77.4 Å². The number of carbonyl (C=O) groups excluding carboxylic acids is 1. The number of β-amino-alcohol motifs (C(OH)–C–C–N with tert-alkyl or cyclic N) is 1. The highest BCUT2D eigenvalue weighted by molar-refractivity contribution is 5.98. The molecular weight excluding hydrogens is 505 g/mol. The molecule has 1 aromatic heterocycles. The maximum Gasteiger partial charge on any atom is 0.309 e. The molecule has 1 aromatic carbocycles. The smallest absolute Gasteiger partial charge is 0.309 e. The Morgan fingerprint density at radius 2 is 1.85 bits per heavy atom. The van der Waals surface area contributed by atoms with Crippen molar-refractivity contribution in [3.63, 3.8) is 0 Å². The fourth-order valence-electron chi connectivity index (χ4n) is 5.75. The zero-order valence-corrected chi connectivity index (χ0v) is 23.1. The van der Waals surface area contributed by atoms with Gasteiger partial charge in [0, 0.05) is 30.9 Å². The fraction of sp³-hybridized carbons (Fsp3) is 0.552. The summed E-state index contributed by atoms with van der Waals surface area (Å²) in [7, 11) is 1.43. The molecule has 1 saturated carbocycles. The average molecular weight is 544 g/mol. The molecule has 0 unspecified atom stereocenters. The Bertz CT molecular complexity index is 1320. The zero-order valence-electron chi connectivity index (χ0n) is 23.1. The summed E-state index contributed by atoms with van der Waals surface area (Å²) >= 11 is 0. The molecule has 0 saturated heterocycles. The molecule has 1 aliphatic heterocycles. The fourth-order valence-corrected chi connectivity index (χ4v) is 5.75. The van der Waals surface area contributed by atoms with E-state index in [0.29, 0.717) is 28.9 Å². The van der Waals surface area contributed by atoms with Crippen molar-refractivity contribution in [3.8, 4) is 16.9 Å². The molecule has 0 atom stereocenters. The maximum atomic E-state index is 15.5. The number of benzene rings is 1. The second-order valence-electron chi connectivity index (χ2n) is 11.3. The lowest BCUT2D eigenvalue weighted by Gasteiger charge is -2.35. The molecule has 212 valence electrons. The number of pyridine rings is 1. The highest BCUT2D eigenvalue weighted by Gasteiger charge is 2.30. The van der Waals surface area contributed by atoms with E-state index in [1.807, 2.05) is 4.90 Å². The average Bonchev–Trinajstić information content (AvgIpc) is 3.10. The molecule has 1 aliphatic carbocycles. The van der Waals surface area contributed by atoms with E-state index in [4.69, 9.17) is 4.74 Å². The van der Waals surface area contributed by atoms with Gasteiger partial charge in [-0.25, -0.2) is 4.39 Å². The van der Waals surface area contributed by atoms with Crippen LogP contribution >= 0.6 is 0 Å². The second kappa shape index (κ2) is 11.4. The number of rotatable bonds is 7. The third kappa shape index (κ3) is 6.27. The van der Waals surface area contributed by atoms with E-state index in [9.17, 15) is 24.6 Å². The number of amides is 1. The van der Waals surface area contributed by atoms with Crippen molar-refractivity contribution in [1.29, 1.82) is 0 Å². The Hall–Kier alpha value is -3.40. The Morgan fingerprint density at radius 3 is 2.46 bits per heavy atom. The van der Waals surface area contributed by atoms with Gasteiger partial charge < -0.3 is 29.7 Å². The summed E-state index contributed by atoms with van der Waals surface area (Å²) in [5.41, 5.74) is -0.209. The van der Waals surface area contributed by atoms with E-state index in [-0.39, 0.29) is 36.2 Å². The number of aromatic nitrogens is 1. The van der Waals surface area contributed by atoms with Crippen LogP contribution in [-0.2, 0) is 18.3 Å². The number of carbonyl (C=O) groups is 2. The highest BCUT2D eigenvalue weighted by Crippen LogP contribution is 2.40. The van der Waals surface area contributed by atoms with Crippen molar-refractivity contribution < 1.29 is 28.9 Å². The van der Waals surface area contributed by atoms with Crippen LogP contribution in [0.4, 0.5) is 10.1 Å². The van der Waals surface area contributed by atoms with Gasteiger partial charge in [0.1, 0.15) is 12.2 Å². The van der Waals surface area contributed by atoms with Crippen LogP contribution in [0.5, 0.6) is 5.75 Å². The van der Waals surface area contributed by atoms with Gasteiger partial charge in [0.15, 0.2) is 11.6 Å². The standard InChI is InChI=1S/C29H38FN3O6/c1-17-24(18-13-20(30)26-22(14-18)33(11-12-39-26)16-29(2,3)38)21(15-23(34)35)32(4)28(37)25(17)27(36)31-19-9-7-5-6-8-10-19/h13-14,19,38H,5-12,15-16H2,1-4H3,(H,31,36)(H,34,35). The van der Waals surface area contributed by atoms with Crippen molar-refractivity contribution >= 4 is 17.6 Å². The summed E-state index contributed by atoms with van der Waals surface area (Å²) in [6, 6.07) is 2.88. The SMILES string of the molecule is Cc1c(-c2cc(F)c3c(c2)N(CC(C)(C)O)CCO3)c(CC(=O)O)n(C)c(=O)c1C(=O)NC1CCCCCC1. The molecular formula is C29H38FN3O6. The van der Waals surface area contributed by atoms with Crippen molar-refractivity contribution in [2.75, 3.05) is 24.6 Å². The summed E-state index contributed by atoms with van der Waals surface area (Å²) in [5.74, 6) is -2.27. The first-order chi connectivity index (χ1) is 18.4. The number of nitrogens with zero attached hydrogens (tertiary/aromatic N) is 2. The van der Waals surface area contributed by atoms with E-state index < -0.39 is 35.3 Å². The Labute approximate surface area is 227 Å². The molecule has 0 spiro atoms. The van der Waals surface area contributed by atoms with E-state index in [2.05, 4.69) is 5.32 Å². The predicted molar refractivity (Wildman–Crippen MR) is 146 cm³/mol. The van der Waals surface area contributed by atoms with Gasteiger partial charge in [-0.05, 0) is 56.9 Å². The summed E-state index contributed by atoms with van der Waals surface area (Å²) < 4.78 is 22.2. The molecule has 1 amide bonds. The molecule has 2 aromatic rings. The topological polar surface area (TPSA) is 121 Å². The highest BCUT2D eigenvalue weighted by atomic mass is 19.1. The quantitative estimate of drug-likeness (QED) is 0.457. The normalized spacial score (nSPS) is 16.3. The minimum atomic E-state index is -1.16. The van der Waals surface area contributed by atoms with E-state index in [1.165, 1.54) is 17.7 Å². The first kappa shape index (κ1) is 28.6. The van der Waals surface area contributed by atoms with E-state index in [0.717, 1.165) is 38.5 Å². The Balaban J connectivity index is 1.88. The molecule has 0 bridgehead atoms. The van der Waals surface area contributed by atoms with Gasteiger partial charge in [-0.2, -0.15) is 0 Å². The lowest BCUT2D eigenvalue weighted by molar-refractivity contribution is -0.136. The maximum absolute atomic E-state index is 15.5. The van der Waals surface area contributed by atoms with Gasteiger partial charge in [-0.1, -0.05) is 25.7 Å². The van der Waals surface area contributed by atoms with Gasteiger partial charge in [0.2, 0.25) is 0 Å². The van der Waals surface area contributed by atoms with E-state index in [1.54, 1.807) is 26.8 Å². The van der Waals surface area contributed by atoms with Crippen molar-refractivity contribution in [1.82, 2.24) is 9.88 Å². The molecule has 2 aliphatic rings. The van der Waals surface area contributed by atoms with Gasteiger partial charge >= 0.3 is 5.97 Å². The Morgan fingerprint density at radius 1 is 1.18 bits per heavy atom. The number of ether oxygens (including phenoxy) is 1. The third-order valence-corrected chi connectivity index (χ3v) is 7.54. The number of aliphatic carboxylic acids is 1. The summed E-state index contributed by atoms with van der Waals surface area (Å²) in [5, 5.41) is 23.1. The third-order valence-electron chi connectivity index (χ3n) is 7.54. The first-order valence-corrected chi connectivity index (χ1v) is 13.6. The number of hydrogen-bond donors (Lipinski definition) is 3. The lowest BCUT2D eigenvalue weighted by atomic mass is 9.92. The molecule has 0 radical (unpaired) electrons. The van der Waals surface area contributed by atoms with E-state index >= 15 is 4.39 Å². The molecule has 4 rings (SSSR count). The number of carboxylic acids is 1. The largest absolute Gasteiger partial charge is 0.486 e. The molecule has 39 heavy (non-hydrogen) atoms. The Kier molecular flexibility index (Phi) is 8.34. The monoisotopic (exact) mass is 543 g/mol. The van der Waals surface area contributed by atoms with Gasteiger partial charge in [0.05, 0.1) is 24.3 Å². The molecule has 10 heteroatoms. The summed E-state index contributed by atoms with van der Waals surface area (Å²) in [4.78, 5) is 40.5. The number of nitrogens with one attached hydrogen (secondary N) is 1. The second-order valence-corrected chi connectivity index (χ2v) is 11.3. The minimum Gasteiger partial charge on any atom is -0.486 e. The number of halogens is 1. The van der Waals surface area contributed by atoms with Crippen LogP contribution in [0.1, 0.15) is 74.0 Å². The van der Waals surface area contributed by atoms with Crippen LogP contribution < -0.4 is 20.5 Å². The van der Waals surface area contributed by atoms with Crippen molar-refractivity contribution in [2.24, 2.45) is 7.05 Å². The van der Waals surface area contributed by atoms with Gasteiger partial charge in [0.25, 0.3) is 11.5 Å². The van der Waals surface area contributed by atoms with Crippen LogP contribution in [0, 0.1) is 12.7 Å². The summed E-state index contributed by atoms with van der Waals surface area (Å²) in [6.07, 6.45) is 5.41. The zero-order chi connectivity index (χ0) is 28.5. The predicted octanol–water partition coefficient (Wildman–Crippen LogP) is 3.55. The number of aliphatic hydroxyl groups is 1. The molecule has 2 heterocycles. The molecule has 9 nitrogen and oxygen atoms in total. The summed E-state index contributed by atoms with van der Waals surface area (Å²) in [6.45, 7) is 5.80. The van der Waals surface area contributed by atoms with Crippen LogP contribution in [0.3, 0.4) is 0 Å². The number of carboxylic acid groups (broad SMARTS) is 1. The van der Waals surface area contributed by atoms with Gasteiger partial charge in [-0.3, -0.25) is 14.4 Å². The first-order valence-electron chi connectivity index (χ1n) is 13.6. The lowest BCUT2D eigenvalue weighted by Crippen LogP contribution is -2.43. The molecule has 1 fully saturated rings. The number of fused-ring (bicyclic) bond motifs is 1. The van der Waals surface area contributed by atoms with Crippen LogP contribution in [-0.4, -0.2) is 58.0 Å². The van der Waals surface area contributed by atoms with Gasteiger partial charge in [-0.15, -0.1) is 0 Å². The number of hydrogen-bond acceptors (Lipinski definition) is 6. The van der Waals surface area contributed by atoms with Crippen molar-refractivity contribution in [3.05, 3.63) is 45.1 Å². The molecule has 3 N–H and O–H groups in total.